The van der Waals surface area contributed by atoms with Crippen LogP contribution >= 0.6 is 11.8 Å². The first kappa shape index (κ1) is 17.0. The van der Waals surface area contributed by atoms with E-state index >= 15 is 0 Å². The largest absolute Gasteiger partial charge is 0.478 e. The fraction of sp³-hybridized carbons (Fsp3) is 0.462. The maximum Gasteiger partial charge on any atom is 0.335 e. The first-order valence-corrected chi connectivity index (χ1v) is 9.05. The number of aromatic carboxylic acids is 1. The molecule has 1 aromatic rings. The molecule has 5 nitrogen and oxygen atoms in total. The van der Waals surface area contributed by atoms with Crippen LogP contribution in [0.2, 0.25) is 0 Å². The zero-order chi connectivity index (χ0) is 15.3. The average molecular weight is 317 g/mol. The third kappa shape index (κ3) is 4.50. The van der Waals surface area contributed by atoms with Gasteiger partial charge in [0.15, 0.2) is 0 Å². The predicted octanol–water partition coefficient (Wildman–Crippen LogP) is 1.90. The number of carboxylic acids is 1. The van der Waals surface area contributed by atoms with Crippen LogP contribution in [0.3, 0.4) is 0 Å². The van der Waals surface area contributed by atoms with E-state index in [9.17, 15) is 13.2 Å². The monoisotopic (exact) mass is 317 g/mol. The van der Waals surface area contributed by atoms with Crippen LogP contribution in [-0.2, 0) is 15.8 Å². The van der Waals surface area contributed by atoms with E-state index in [0.717, 1.165) is 0 Å². The molecule has 0 saturated heterocycles. The van der Waals surface area contributed by atoms with E-state index in [2.05, 4.69) is 0 Å². The molecule has 1 aromatic carbocycles. The van der Waals surface area contributed by atoms with Crippen LogP contribution in [0.5, 0.6) is 0 Å². The van der Waals surface area contributed by atoms with Crippen molar-refractivity contribution in [2.75, 3.05) is 19.1 Å². The molecule has 0 aliphatic rings. The lowest BCUT2D eigenvalue weighted by Crippen LogP contribution is -2.37. The number of carbonyl (C=O) groups is 1. The average Bonchev–Trinajstić information content (AvgIpc) is 2.37. The van der Waals surface area contributed by atoms with E-state index in [1.807, 2.05) is 13.2 Å². The first-order valence-electron chi connectivity index (χ1n) is 6.05. The smallest absolute Gasteiger partial charge is 0.335 e. The van der Waals surface area contributed by atoms with E-state index in [0.29, 0.717) is 11.3 Å². The van der Waals surface area contributed by atoms with Gasteiger partial charge in [-0.15, -0.1) is 0 Å². The van der Waals surface area contributed by atoms with E-state index in [1.165, 1.54) is 16.4 Å². The number of hydrogen-bond acceptors (Lipinski definition) is 4. The van der Waals surface area contributed by atoms with Gasteiger partial charge in [0.05, 0.1) is 11.3 Å². The summed E-state index contributed by atoms with van der Waals surface area (Å²) in [6.07, 6.45) is 1.92. The SMILES string of the molecule is CSCC(C)N(C)S(=O)(=O)Cc1cccc(C(=O)O)c1. The zero-order valence-electron chi connectivity index (χ0n) is 11.7. The second-order valence-electron chi connectivity index (χ2n) is 4.58. The molecule has 20 heavy (non-hydrogen) atoms. The highest BCUT2D eigenvalue weighted by Gasteiger charge is 2.23. The number of thioether (sulfide) groups is 1. The molecular formula is C13H19NO4S2. The number of nitrogens with zero attached hydrogens (tertiary/aromatic N) is 1. The summed E-state index contributed by atoms with van der Waals surface area (Å²) in [6.45, 7) is 1.85. The molecule has 0 saturated carbocycles. The van der Waals surface area contributed by atoms with Crippen molar-refractivity contribution in [2.45, 2.75) is 18.7 Å². The van der Waals surface area contributed by atoms with Crippen LogP contribution in [0, 0.1) is 0 Å². The highest BCUT2D eigenvalue weighted by molar-refractivity contribution is 7.98. The van der Waals surface area contributed by atoms with Crippen LogP contribution in [0.25, 0.3) is 0 Å². The van der Waals surface area contributed by atoms with Crippen molar-refractivity contribution in [3.8, 4) is 0 Å². The molecule has 1 N–H and O–H groups in total. The molecule has 0 aliphatic carbocycles. The van der Waals surface area contributed by atoms with Crippen LogP contribution < -0.4 is 0 Å². The molecule has 0 aromatic heterocycles. The van der Waals surface area contributed by atoms with Crippen molar-refractivity contribution < 1.29 is 18.3 Å². The Hall–Kier alpha value is -1.05. The molecule has 0 aliphatic heterocycles. The molecule has 0 amide bonds. The van der Waals surface area contributed by atoms with Gasteiger partial charge in [0.1, 0.15) is 0 Å². The van der Waals surface area contributed by atoms with E-state index in [-0.39, 0.29) is 17.4 Å². The minimum absolute atomic E-state index is 0.0949. The number of sulfonamides is 1. The van der Waals surface area contributed by atoms with Crippen LogP contribution in [0.15, 0.2) is 24.3 Å². The lowest BCUT2D eigenvalue weighted by Gasteiger charge is -2.23. The van der Waals surface area contributed by atoms with Gasteiger partial charge in [0.25, 0.3) is 0 Å². The molecule has 1 rings (SSSR count). The molecular weight excluding hydrogens is 298 g/mol. The molecule has 1 unspecified atom stereocenters. The summed E-state index contributed by atoms with van der Waals surface area (Å²) < 4.78 is 25.9. The predicted molar refractivity (Wildman–Crippen MR) is 81.6 cm³/mol. The van der Waals surface area contributed by atoms with Crippen LogP contribution in [-0.4, -0.2) is 48.9 Å². The third-order valence-electron chi connectivity index (χ3n) is 2.99. The molecule has 1 atom stereocenters. The maximum atomic E-state index is 12.3. The third-order valence-corrected chi connectivity index (χ3v) is 5.74. The topological polar surface area (TPSA) is 74.7 Å². The maximum absolute atomic E-state index is 12.3. The van der Waals surface area contributed by atoms with Gasteiger partial charge in [0.2, 0.25) is 10.0 Å². The van der Waals surface area contributed by atoms with E-state index < -0.39 is 16.0 Å². The molecule has 112 valence electrons. The van der Waals surface area contributed by atoms with Crippen molar-refractivity contribution >= 4 is 27.8 Å². The fourth-order valence-corrected chi connectivity index (χ4v) is 3.95. The highest BCUT2D eigenvalue weighted by Crippen LogP contribution is 2.15. The Morgan fingerprint density at radius 3 is 2.65 bits per heavy atom. The molecule has 7 heteroatoms. The Bertz CT molecular complexity index is 571. The van der Waals surface area contributed by atoms with Crippen molar-refractivity contribution in [1.29, 1.82) is 0 Å². The summed E-state index contributed by atoms with van der Waals surface area (Å²) in [5.74, 6) is -0.540. The minimum Gasteiger partial charge on any atom is -0.478 e. The fourth-order valence-electron chi connectivity index (χ4n) is 1.73. The van der Waals surface area contributed by atoms with Crippen LogP contribution in [0.4, 0.5) is 0 Å². The molecule has 0 bridgehead atoms. The Morgan fingerprint density at radius 2 is 2.10 bits per heavy atom. The van der Waals surface area contributed by atoms with Gasteiger partial charge >= 0.3 is 5.97 Å². The molecule has 0 radical (unpaired) electrons. The Kier molecular flexibility index (Phi) is 6.04. The number of rotatable bonds is 7. The molecule has 0 fully saturated rings. The van der Waals surface area contributed by atoms with Crippen molar-refractivity contribution in [3.05, 3.63) is 35.4 Å². The summed E-state index contributed by atoms with van der Waals surface area (Å²) in [5, 5.41) is 8.91. The van der Waals surface area contributed by atoms with E-state index in [4.69, 9.17) is 5.11 Å². The molecule has 0 spiro atoms. The Balaban J connectivity index is 2.91. The van der Waals surface area contributed by atoms with Gasteiger partial charge in [0, 0.05) is 18.8 Å². The Labute approximate surface area is 124 Å². The quantitative estimate of drug-likeness (QED) is 0.831. The summed E-state index contributed by atoms with van der Waals surface area (Å²) in [4.78, 5) is 10.9. The summed E-state index contributed by atoms with van der Waals surface area (Å²) in [5.41, 5.74) is 0.575. The standard InChI is InChI=1S/C13H19NO4S2/c1-10(8-19-3)14(2)20(17,18)9-11-5-4-6-12(7-11)13(15)16/h4-7,10H,8-9H2,1-3H3,(H,15,16). The van der Waals surface area contributed by atoms with Crippen molar-refractivity contribution in [2.24, 2.45) is 0 Å². The lowest BCUT2D eigenvalue weighted by atomic mass is 10.1. The van der Waals surface area contributed by atoms with Gasteiger partial charge in [-0.05, 0) is 30.9 Å². The molecule has 0 heterocycles. The van der Waals surface area contributed by atoms with E-state index in [1.54, 1.807) is 30.9 Å². The highest BCUT2D eigenvalue weighted by atomic mass is 32.2. The normalized spacial score (nSPS) is 13.4. The second-order valence-corrected chi connectivity index (χ2v) is 7.52. The van der Waals surface area contributed by atoms with Crippen LogP contribution in [0.1, 0.15) is 22.8 Å². The van der Waals surface area contributed by atoms with Crippen molar-refractivity contribution in [3.63, 3.8) is 0 Å². The number of benzene rings is 1. The Morgan fingerprint density at radius 1 is 1.45 bits per heavy atom. The second kappa shape index (κ2) is 7.10. The van der Waals surface area contributed by atoms with Gasteiger partial charge in [-0.3, -0.25) is 0 Å². The van der Waals surface area contributed by atoms with Gasteiger partial charge in [-0.2, -0.15) is 11.8 Å². The minimum atomic E-state index is -3.45. The zero-order valence-corrected chi connectivity index (χ0v) is 13.4. The first-order chi connectivity index (χ1) is 9.27. The summed E-state index contributed by atoms with van der Waals surface area (Å²) in [7, 11) is -1.90. The number of carboxylic acid groups (broad SMARTS) is 1. The van der Waals surface area contributed by atoms with Gasteiger partial charge < -0.3 is 5.11 Å². The van der Waals surface area contributed by atoms with Crippen molar-refractivity contribution in [1.82, 2.24) is 4.31 Å². The number of hydrogen-bond donors (Lipinski definition) is 1. The summed E-state index contributed by atoms with van der Waals surface area (Å²) >= 11 is 1.58. The van der Waals surface area contributed by atoms with Gasteiger partial charge in [-0.1, -0.05) is 12.1 Å². The lowest BCUT2D eigenvalue weighted by molar-refractivity contribution is 0.0696. The summed E-state index contributed by atoms with van der Waals surface area (Å²) in [6, 6.07) is 5.92. The van der Waals surface area contributed by atoms with Gasteiger partial charge in [-0.25, -0.2) is 17.5 Å².